The van der Waals surface area contributed by atoms with Crippen LogP contribution in [0.1, 0.15) is 72.6 Å². The Morgan fingerprint density at radius 3 is 2.70 bits per heavy atom. The van der Waals surface area contributed by atoms with Crippen molar-refractivity contribution in [1.29, 1.82) is 0 Å². The van der Waals surface area contributed by atoms with Crippen molar-refractivity contribution in [2.45, 2.75) is 72.6 Å². The Hall–Kier alpha value is -0.260. The molecule has 3 saturated carbocycles. The maximum absolute atomic E-state index is 2.66. The second-order valence-electron chi connectivity index (χ2n) is 9.28. The molecule has 0 aromatic heterocycles. The highest BCUT2D eigenvalue weighted by Crippen LogP contribution is 2.70. The first-order valence-electron chi connectivity index (χ1n) is 9.13. The molecule has 0 saturated heterocycles. The Labute approximate surface area is 125 Å². The molecule has 0 amide bonds. The molecule has 0 nitrogen and oxygen atoms in total. The summed E-state index contributed by atoms with van der Waals surface area (Å²) in [6.45, 7) is 10.3. The molecule has 112 valence electrons. The molecule has 0 spiro atoms. The van der Waals surface area contributed by atoms with Gasteiger partial charge in [0, 0.05) is 0 Å². The van der Waals surface area contributed by atoms with Gasteiger partial charge in [-0.15, -0.1) is 0 Å². The van der Waals surface area contributed by atoms with Crippen molar-refractivity contribution >= 4 is 0 Å². The third kappa shape index (κ3) is 1.54. The third-order valence-electron chi connectivity index (χ3n) is 8.45. The van der Waals surface area contributed by atoms with E-state index in [1.54, 1.807) is 12.0 Å². The average molecular weight is 272 g/mol. The average Bonchev–Trinajstić information content (AvgIpc) is 2.77. The van der Waals surface area contributed by atoms with Crippen molar-refractivity contribution < 1.29 is 0 Å². The fourth-order valence-corrected chi connectivity index (χ4v) is 7.13. The molecule has 4 aliphatic rings. The van der Waals surface area contributed by atoms with Gasteiger partial charge in [-0.25, -0.2) is 0 Å². The van der Waals surface area contributed by atoms with Gasteiger partial charge in [-0.1, -0.05) is 45.3 Å². The molecule has 0 bridgehead atoms. The van der Waals surface area contributed by atoms with E-state index in [4.69, 9.17) is 0 Å². The van der Waals surface area contributed by atoms with Crippen LogP contribution < -0.4 is 0 Å². The van der Waals surface area contributed by atoms with Crippen LogP contribution in [0, 0.1) is 40.4 Å². The van der Waals surface area contributed by atoms with Gasteiger partial charge in [-0.05, 0) is 79.4 Å². The van der Waals surface area contributed by atoms with Crippen LogP contribution in [0.3, 0.4) is 0 Å². The fraction of sp³-hybridized carbons (Fsp3) is 0.900. The summed E-state index contributed by atoms with van der Waals surface area (Å²) in [5, 5.41) is 0. The van der Waals surface area contributed by atoms with Gasteiger partial charge in [-0.3, -0.25) is 0 Å². The molecule has 0 N–H and O–H groups in total. The van der Waals surface area contributed by atoms with Gasteiger partial charge in [0.25, 0.3) is 0 Å². The van der Waals surface area contributed by atoms with Crippen molar-refractivity contribution in [2.24, 2.45) is 40.4 Å². The molecule has 0 heterocycles. The SMILES string of the molecule is CC1=CC[C@H]2C[C@@H]3C(C)CCC[C@@]4(C)CC[C@]1(C)[C@@H]2C34. The Bertz CT molecular complexity index is 447. The lowest BCUT2D eigenvalue weighted by atomic mass is 9.48. The lowest BCUT2D eigenvalue weighted by Crippen LogP contribution is -2.49. The van der Waals surface area contributed by atoms with Crippen LogP contribution in [0.2, 0.25) is 0 Å². The summed E-state index contributed by atoms with van der Waals surface area (Å²) < 4.78 is 0. The second-order valence-corrected chi connectivity index (χ2v) is 9.28. The van der Waals surface area contributed by atoms with Crippen LogP contribution in [0.25, 0.3) is 0 Å². The third-order valence-corrected chi connectivity index (χ3v) is 8.45. The molecule has 0 aliphatic heterocycles. The molecular formula is C20H32. The molecular weight excluding hydrogens is 240 g/mol. The van der Waals surface area contributed by atoms with E-state index in [0.717, 1.165) is 29.6 Å². The van der Waals surface area contributed by atoms with E-state index in [0.29, 0.717) is 10.8 Å². The number of hydrogen-bond donors (Lipinski definition) is 0. The standard InChI is InChI=1S/C20H32/c1-13-6-5-9-19(3)10-11-20(4)14(2)7-8-15-12-16(13)18(19)17(15)20/h7,13,15-18H,5-6,8-12H2,1-4H3/t13?,15-,16+,17-,18?,19-,20-/m0/s1. The van der Waals surface area contributed by atoms with Crippen molar-refractivity contribution in [1.82, 2.24) is 0 Å². The first kappa shape index (κ1) is 13.4. The molecule has 0 aromatic rings. The monoisotopic (exact) mass is 272 g/mol. The van der Waals surface area contributed by atoms with Crippen molar-refractivity contribution in [3.8, 4) is 0 Å². The van der Waals surface area contributed by atoms with Crippen LogP contribution in [-0.4, -0.2) is 0 Å². The minimum Gasteiger partial charge on any atom is -0.0848 e. The first-order valence-corrected chi connectivity index (χ1v) is 9.13. The van der Waals surface area contributed by atoms with Gasteiger partial charge < -0.3 is 0 Å². The minimum absolute atomic E-state index is 0.548. The molecule has 20 heavy (non-hydrogen) atoms. The molecule has 0 heteroatoms. The second kappa shape index (κ2) is 4.14. The van der Waals surface area contributed by atoms with Gasteiger partial charge in [0.15, 0.2) is 0 Å². The predicted octanol–water partition coefficient (Wildman–Crippen LogP) is 5.83. The summed E-state index contributed by atoms with van der Waals surface area (Å²) in [7, 11) is 0. The fourth-order valence-electron chi connectivity index (χ4n) is 7.13. The molecule has 4 aliphatic carbocycles. The van der Waals surface area contributed by atoms with Crippen LogP contribution in [-0.2, 0) is 0 Å². The molecule has 0 aromatic carbocycles. The summed E-state index contributed by atoms with van der Waals surface area (Å²) in [6.07, 6.45) is 13.0. The normalized spacial score (nSPS) is 57.8. The van der Waals surface area contributed by atoms with Gasteiger partial charge in [-0.2, -0.15) is 0 Å². The Kier molecular flexibility index (Phi) is 2.78. The van der Waals surface area contributed by atoms with Crippen molar-refractivity contribution in [3.05, 3.63) is 11.6 Å². The summed E-state index contributed by atoms with van der Waals surface area (Å²) >= 11 is 0. The van der Waals surface area contributed by atoms with Gasteiger partial charge in [0.05, 0.1) is 0 Å². The molecule has 0 radical (unpaired) electrons. The molecule has 7 atom stereocenters. The van der Waals surface area contributed by atoms with Gasteiger partial charge in [0.2, 0.25) is 0 Å². The number of rotatable bonds is 0. The van der Waals surface area contributed by atoms with E-state index >= 15 is 0 Å². The quantitative estimate of drug-likeness (QED) is 0.487. The van der Waals surface area contributed by atoms with Crippen molar-refractivity contribution in [3.63, 3.8) is 0 Å². The number of allylic oxidation sites excluding steroid dienone is 2. The first-order chi connectivity index (χ1) is 9.46. The smallest absolute Gasteiger partial charge is 0.00850 e. The maximum atomic E-state index is 2.66. The zero-order valence-corrected chi connectivity index (χ0v) is 13.9. The lowest BCUT2D eigenvalue weighted by molar-refractivity contribution is -0.0423. The predicted molar refractivity (Wildman–Crippen MR) is 85.4 cm³/mol. The maximum Gasteiger partial charge on any atom is -0.00850 e. The number of hydrogen-bond acceptors (Lipinski definition) is 0. The molecule has 3 fully saturated rings. The van der Waals surface area contributed by atoms with E-state index < -0.39 is 0 Å². The molecule has 2 unspecified atom stereocenters. The van der Waals surface area contributed by atoms with E-state index in [2.05, 4.69) is 33.8 Å². The summed E-state index contributed by atoms with van der Waals surface area (Å²) in [6, 6.07) is 0. The van der Waals surface area contributed by atoms with E-state index in [-0.39, 0.29) is 0 Å². The zero-order chi connectivity index (χ0) is 14.1. The van der Waals surface area contributed by atoms with Crippen molar-refractivity contribution in [2.75, 3.05) is 0 Å². The highest BCUT2D eigenvalue weighted by Gasteiger charge is 2.62. The Morgan fingerprint density at radius 2 is 1.90 bits per heavy atom. The van der Waals surface area contributed by atoms with Gasteiger partial charge in [0.1, 0.15) is 0 Å². The summed E-state index contributed by atoms with van der Waals surface area (Å²) in [5.74, 6) is 5.08. The van der Waals surface area contributed by atoms with E-state index in [1.165, 1.54) is 38.5 Å². The highest BCUT2D eigenvalue weighted by molar-refractivity contribution is 5.24. The Balaban J connectivity index is 1.82. The van der Waals surface area contributed by atoms with E-state index in [9.17, 15) is 0 Å². The molecule has 4 rings (SSSR count). The van der Waals surface area contributed by atoms with Gasteiger partial charge >= 0.3 is 0 Å². The van der Waals surface area contributed by atoms with Crippen LogP contribution in [0.4, 0.5) is 0 Å². The van der Waals surface area contributed by atoms with Crippen LogP contribution >= 0.6 is 0 Å². The summed E-state index contributed by atoms with van der Waals surface area (Å²) in [4.78, 5) is 0. The highest BCUT2D eigenvalue weighted by atomic mass is 14.7. The lowest BCUT2D eigenvalue weighted by Gasteiger charge is -2.57. The van der Waals surface area contributed by atoms with Crippen LogP contribution in [0.5, 0.6) is 0 Å². The zero-order valence-electron chi connectivity index (χ0n) is 13.9. The minimum atomic E-state index is 0.548. The van der Waals surface area contributed by atoms with E-state index in [1.807, 2.05) is 0 Å². The topological polar surface area (TPSA) is 0 Å². The largest absolute Gasteiger partial charge is 0.0848 e. The van der Waals surface area contributed by atoms with Crippen LogP contribution in [0.15, 0.2) is 11.6 Å². The Morgan fingerprint density at radius 1 is 1.10 bits per heavy atom. The summed E-state index contributed by atoms with van der Waals surface area (Å²) in [5.41, 5.74) is 2.95.